The maximum Gasteiger partial charge on any atom is 0.0636 e. The third kappa shape index (κ3) is 11.0. The van der Waals surface area contributed by atoms with Crippen molar-refractivity contribution in [2.75, 3.05) is 26.8 Å². The van der Waals surface area contributed by atoms with E-state index < -0.39 is 0 Å². The monoisotopic (exact) mass is 169 g/mol. The minimum absolute atomic E-state index is 0. The molecule has 10 heavy (non-hydrogen) atoms. The predicted molar refractivity (Wildman–Crippen MR) is 43.7 cm³/mol. The van der Waals surface area contributed by atoms with Crippen molar-refractivity contribution in [1.29, 1.82) is 0 Å². The molecule has 0 spiro atoms. The van der Waals surface area contributed by atoms with Crippen molar-refractivity contribution in [2.45, 2.75) is 13.0 Å². The number of aliphatic hydroxyl groups is 1. The zero-order valence-corrected chi connectivity index (χ0v) is 7.28. The van der Waals surface area contributed by atoms with Crippen LogP contribution in [0.3, 0.4) is 0 Å². The van der Waals surface area contributed by atoms with Crippen LogP contribution in [0.2, 0.25) is 0 Å². The first kappa shape index (κ1) is 12.8. The van der Waals surface area contributed by atoms with Crippen LogP contribution in [0.25, 0.3) is 0 Å². The summed E-state index contributed by atoms with van der Waals surface area (Å²) >= 11 is 0. The molecule has 0 amide bonds. The molecule has 0 radical (unpaired) electrons. The van der Waals surface area contributed by atoms with E-state index in [9.17, 15) is 0 Å². The fourth-order valence-corrected chi connectivity index (χ4v) is 0.485. The van der Waals surface area contributed by atoms with Gasteiger partial charge in [0, 0.05) is 20.2 Å². The molecule has 0 heterocycles. The van der Waals surface area contributed by atoms with Crippen LogP contribution in [0.15, 0.2) is 0 Å². The zero-order chi connectivity index (χ0) is 7.11. The van der Waals surface area contributed by atoms with Gasteiger partial charge in [-0.15, -0.1) is 12.4 Å². The highest BCUT2D eigenvalue weighted by Gasteiger charge is 1.91. The minimum atomic E-state index is -0.262. The summed E-state index contributed by atoms with van der Waals surface area (Å²) in [5.74, 6) is 0. The Balaban J connectivity index is 0. The Hall–Kier alpha value is 0.170. The van der Waals surface area contributed by atoms with E-state index in [1.54, 1.807) is 14.0 Å². The van der Waals surface area contributed by atoms with E-state index >= 15 is 0 Å². The SMILES string of the molecule is COCCNC[C@H](C)O.Cl. The lowest BCUT2D eigenvalue weighted by Gasteiger charge is -2.04. The molecule has 0 rings (SSSR count). The Morgan fingerprint density at radius 1 is 1.60 bits per heavy atom. The van der Waals surface area contributed by atoms with E-state index in [2.05, 4.69) is 5.32 Å². The fraction of sp³-hybridized carbons (Fsp3) is 1.00. The Bertz CT molecular complexity index is 61.7. The van der Waals surface area contributed by atoms with Gasteiger partial charge in [-0.2, -0.15) is 0 Å². The molecule has 3 nitrogen and oxygen atoms in total. The molecule has 64 valence electrons. The third-order valence-corrected chi connectivity index (χ3v) is 0.923. The van der Waals surface area contributed by atoms with Gasteiger partial charge in [-0.3, -0.25) is 0 Å². The number of nitrogens with one attached hydrogen (secondary N) is 1. The van der Waals surface area contributed by atoms with E-state index in [1.807, 2.05) is 0 Å². The van der Waals surface area contributed by atoms with E-state index in [1.165, 1.54) is 0 Å². The van der Waals surface area contributed by atoms with Gasteiger partial charge >= 0.3 is 0 Å². The lowest BCUT2D eigenvalue weighted by molar-refractivity contribution is 0.172. The van der Waals surface area contributed by atoms with E-state index in [-0.39, 0.29) is 18.5 Å². The van der Waals surface area contributed by atoms with Gasteiger partial charge in [0.2, 0.25) is 0 Å². The second-order valence-corrected chi connectivity index (χ2v) is 2.05. The number of hydrogen-bond donors (Lipinski definition) is 2. The highest BCUT2D eigenvalue weighted by Crippen LogP contribution is 1.73. The van der Waals surface area contributed by atoms with Crippen LogP contribution in [-0.4, -0.2) is 38.0 Å². The second kappa shape index (κ2) is 9.17. The molecule has 0 unspecified atom stereocenters. The molecule has 0 saturated heterocycles. The van der Waals surface area contributed by atoms with Crippen molar-refractivity contribution in [3.63, 3.8) is 0 Å². The normalized spacial score (nSPS) is 12.3. The summed E-state index contributed by atoms with van der Waals surface area (Å²) in [7, 11) is 1.66. The number of aliphatic hydroxyl groups excluding tert-OH is 1. The lowest BCUT2D eigenvalue weighted by atomic mass is 10.4. The number of ether oxygens (including phenoxy) is 1. The van der Waals surface area contributed by atoms with Crippen LogP contribution < -0.4 is 5.32 Å². The highest BCUT2D eigenvalue weighted by molar-refractivity contribution is 5.85. The lowest BCUT2D eigenvalue weighted by Crippen LogP contribution is -2.27. The average Bonchev–Trinajstić information content (AvgIpc) is 1.80. The summed E-state index contributed by atoms with van der Waals surface area (Å²) in [6.07, 6.45) is -0.262. The Morgan fingerprint density at radius 2 is 2.20 bits per heavy atom. The quantitative estimate of drug-likeness (QED) is 0.571. The molecular weight excluding hydrogens is 154 g/mol. The largest absolute Gasteiger partial charge is 0.392 e. The van der Waals surface area contributed by atoms with Crippen LogP contribution in [0.5, 0.6) is 0 Å². The van der Waals surface area contributed by atoms with Gasteiger partial charge in [-0.1, -0.05) is 0 Å². The minimum Gasteiger partial charge on any atom is -0.392 e. The standard InChI is InChI=1S/C6H15NO2.ClH/c1-6(8)5-7-3-4-9-2;/h6-8H,3-5H2,1-2H3;1H/t6-;/m0./s1. The first-order chi connectivity index (χ1) is 4.27. The third-order valence-electron chi connectivity index (χ3n) is 0.923. The first-order valence-electron chi connectivity index (χ1n) is 3.15. The van der Waals surface area contributed by atoms with Crippen LogP contribution >= 0.6 is 12.4 Å². The number of methoxy groups -OCH3 is 1. The molecule has 1 atom stereocenters. The summed E-state index contributed by atoms with van der Waals surface area (Å²) in [5, 5.41) is 11.8. The molecular formula is C6H16ClNO2. The summed E-state index contributed by atoms with van der Waals surface area (Å²) in [4.78, 5) is 0. The molecule has 0 aliphatic carbocycles. The molecule has 0 fully saturated rings. The van der Waals surface area contributed by atoms with Crippen LogP contribution in [0.4, 0.5) is 0 Å². The van der Waals surface area contributed by atoms with Crippen molar-refractivity contribution in [3.8, 4) is 0 Å². The maximum atomic E-state index is 8.75. The van der Waals surface area contributed by atoms with Gasteiger partial charge in [0.05, 0.1) is 12.7 Å². The number of halogens is 1. The van der Waals surface area contributed by atoms with Crippen molar-refractivity contribution >= 4 is 12.4 Å². The first-order valence-corrected chi connectivity index (χ1v) is 3.15. The fourth-order valence-electron chi connectivity index (χ4n) is 0.485. The summed E-state index contributed by atoms with van der Waals surface area (Å²) < 4.78 is 4.78. The maximum absolute atomic E-state index is 8.75. The molecule has 0 aromatic heterocycles. The van der Waals surface area contributed by atoms with Gasteiger partial charge in [0.25, 0.3) is 0 Å². The highest BCUT2D eigenvalue weighted by atomic mass is 35.5. The van der Waals surface area contributed by atoms with Gasteiger partial charge in [-0.05, 0) is 6.92 Å². The zero-order valence-electron chi connectivity index (χ0n) is 6.46. The van der Waals surface area contributed by atoms with Gasteiger partial charge in [-0.25, -0.2) is 0 Å². The second-order valence-electron chi connectivity index (χ2n) is 2.05. The molecule has 2 N–H and O–H groups in total. The Morgan fingerprint density at radius 3 is 2.60 bits per heavy atom. The molecule has 0 aromatic carbocycles. The molecule has 0 aliphatic heterocycles. The van der Waals surface area contributed by atoms with Crippen molar-refractivity contribution in [1.82, 2.24) is 5.32 Å². The molecule has 0 aliphatic rings. The van der Waals surface area contributed by atoms with Gasteiger partial charge in [0.1, 0.15) is 0 Å². The molecule has 0 bridgehead atoms. The van der Waals surface area contributed by atoms with Gasteiger partial charge in [0.15, 0.2) is 0 Å². The predicted octanol–water partition coefficient (Wildman–Crippen LogP) is 0.0250. The van der Waals surface area contributed by atoms with Crippen molar-refractivity contribution < 1.29 is 9.84 Å². The number of hydrogen-bond acceptors (Lipinski definition) is 3. The van der Waals surface area contributed by atoms with Crippen LogP contribution in [0, 0.1) is 0 Å². The Labute approximate surface area is 68.2 Å². The summed E-state index contributed by atoms with van der Waals surface area (Å²) in [5.41, 5.74) is 0. The topological polar surface area (TPSA) is 41.5 Å². The molecule has 0 aromatic rings. The van der Waals surface area contributed by atoms with E-state index in [0.29, 0.717) is 13.2 Å². The number of rotatable bonds is 5. The Kier molecular flexibility index (Phi) is 11.7. The van der Waals surface area contributed by atoms with Crippen LogP contribution in [0.1, 0.15) is 6.92 Å². The smallest absolute Gasteiger partial charge is 0.0636 e. The molecule has 4 heteroatoms. The summed E-state index contributed by atoms with van der Waals surface area (Å²) in [6.45, 7) is 3.90. The summed E-state index contributed by atoms with van der Waals surface area (Å²) in [6, 6.07) is 0. The van der Waals surface area contributed by atoms with Crippen molar-refractivity contribution in [3.05, 3.63) is 0 Å². The van der Waals surface area contributed by atoms with Crippen molar-refractivity contribution in [2.24, 2.45) is 0 Å². The van der Waals surface area contributed by atoms with Crippen LogP contribution in [-0.2, 0) is 4.74 Å². The molecule has 0 saturated carbocycles. The van der Waals surface area contributed by atoms with E-state index in [4.69, 9.17) is 9.84 Å². The average molecular weight is 170 g/mol. The van der Waals surface area contributed by atoms with Gasteiger partial charge < -0.3 is 15.2 Å². The van der Waals surface area contributed by atoms with E-state index in [0.717, 1.165) is 6.54 Å².